The number of carbonyl (C=O) groups is 1. The number of halogens is 1. The van der Waals surface area contributed by atoms with Gasteiger partial charge in [0.2, 0.25) is 0 Å². The quantitative estimate of drug-likeness (QED) is 0.453. The zero-order chi connectivity index (χ0) is 12.7. The lowest BCUT2D eigenvalue weighted by Crippen LogP contribution is -2.04. The Bertz CT molecular complexity index is 430. The third-order valence-electron chi connectivity index (χ3n) is 2.10. The highest BCUT2D eigenvalue weighted by Gasteiger charge is 2.01. The van der Waals surface area contributed by atoms with E-state index in [9.17, 15) is 9.18 Å². The molecule has 1 aromatic carbocycles. The van der Waals surface area contributed by atoms with Crippen LogP contribution in [0.2, 0.25) is 0 Å². The molecule has 17 heavy (non-hydrogen) atoms. The molecule has 2 nitrogen and oxygen atoms in total. The van der Waals surface area contributed by atoms with E-state index in [0.29, 0.717) is 12.2 Å². The first-order valence-corrected chi connectivity index (χ1v) is 5.41. The van der Waals surface area contributed by atoms with E-state index in [1.807, 2.05) is 0 Å². The van der Waals surface area contributed by atoms with Crippen molar-refractivity contribution < 1.29 is 13.9 Å². The Morgan fingerprint density at radius 1 is 1.35 bits per heavy atom. The first kappa shape index (κ1) is 13.2. The van der Waals surface area contributed by atoms with Crippen LogP contribution in [0.5, 0.6) is 0 Å². The molecular weight excluding hydrogens is 219 g/mol. The van der Waals surface area contributed by atoms with E-state index < -0.39 is 0 Å². The maximum atomic E-state index is 12.6. The van der Waals surface area contributed by atoms with E-state index in [2.05, 4.69) is 0 Å². The smallest absolute Gasteiger partial charge is 0.333 e. The minimum absolute atomic E-state index is 0.264. The van der Waals surface area contributed by atoms with Gasteiger partial charge in [-0.25, -0.2) is 9.18 Å². The highest BCUT2D eigenvalue weighted by Crippen LogP contribution is 2.05. The molecule has 0 bridgehead atoms. The number of ether oxygens (including phenoxy) is 1. The van der Waals surface area contributed by atoms with Gasteiger partial charge in [0, 0.05) is 5.57 Å². The van der Waals surface area contributed by atoms with Gasteiger partial charge in [0.25, 0.3) is 0 Å². The van der Waals surface area contributed by atoms with Gasteiger partial charge in [0.15, 0.2) is 0 Å². The topological polar surface area (TPSA) is 26.3 Å². The minimum Gasteiger partial charge on any atom is -0.463 e. The van der Waals surface area contributed by atoms with Crippen LogP contribution in [0, 0.1) is 5.82 Å². The van der Waals surface area contributed by atoms with Gasteiger partial charge in [-0.1, -0.05) is 30.4 Å². The zero-order valence-corrected chi connectivity index (χ0v) is 9.94. The molecule has 90 valence electrons. The summed E-state index contributed by atoms with van der Waals surface area (Å²) in [5, 5.41) is 0. The predicted octanol–water partition coefficient (Wildman–Crippen LogP) is 3.35. The van der Waals surface area contributed by atoms with Crippen molar-refractivity contribution in [3.05, 3.63) is 53.4 Å². The second kappa shape index (κ2) is 6.63. The molecule has 0 aliphatic carbocycles. The summed E-state index contributed by atoms with van der Waals surface area (Å²) in [7, 11) is 0. The lowest BCUT2D eigenvalue weighted by Gasteiger charge is -1.99. The maximum Gasteiger partial charge on any atom is 0.333 e. The van der Waals surface area contributed by atoms with Crippen LogP contribution in [0.4, 0.5) is 4.39 Å². The van der Waals surface area contributed by atoms with Crippen LogP contribution in [0.25, 0.3) is 6.08 Å². The molecule has 0 saturated carbocycles. The third-order valence-corrected chi connectivity index (χ3v) is 2.10. The maximum absolute atomic E-state index is 12.6. The van der Waals surface area contributed by atoms with Crippen molar-refractivity contribution in [2.75, 3.05) is 6.61 Å². The molecule has 0 radical (unpaired) electrons. The molecule has 1 aromatic rings. The number of benzene rings is 1. The van der Waals surface area contributed by atoms with Crippen molar-refractivity contribution in [3.63, 3.8) is 0 Å². The van der Waals surface area contributed by atoms with Gasteiger partial charge in [0.05, 0.1) is 6.61 Å². The van der Waals surface area contributed by atoms with Gasteiger partial charge in [0.1, 0.15) is 5.82 Å². The Hall–Kier alpha value is -1.90. The molecule has 1 rings (SSSR count). The molecule has 0 spiro atoms. The molecule has 0 fully saturated rings. The van der Waals surface area contributed by atoms with Crippen LogP contribution in [-0.2, 0) is 9.53 Å². The number of hydrogen-bond acceptors (Lipinski definition) is 2. The number of allylic oxidation sites excluding steroid dienone is 2. The van der Waals surface area contributed by atoms with Crippen LogP contribution in [0.1, 0.15) is 19.4 Å². The average Bonchev–Trinajstić information content (AvgIpc) is 2.32. The molecular formula is C14H15FO2. The number of rotatable bonds is 4. The summed E-state index contributed by atoms with van der Waals surface area (Å²) in [5.41, 5.74) is 1.41. The monoisotopic (exact) mass is 234 g/mol. The summed E-state index contributed by atoms with van der Waals surface area (Å²) in [6, 6.07) is 6.11. The van der Waals surface area contributed by atoms with E-state index in [1.54, 1.807) is 44.2 Å². The Balaban J connectivity index is 2.63. The largest absolute Gasteiger partial charge is 0.463 e. The molecule has 0 heterocycles. The van der Waals surface area contributed by atoms with Crippen molar-refractivity contribution in [1.29, 1.82) is 0 Å². The highest BCUT2D eigenvalue weighted by atomic mass is 19.1. The highest BCUT2D eigenvalue weighted by molar-refractivity contribution is 5.88. The summed E-state index contributed by atoms with van der Waals surface area (Å²) in [5.74, 6) is -0.586. The van der Waals surface area contributed by atoms with Crippen molar-refractivity contribution in [2.45, 2.75) is 13.8 Å². The summed E-state index contributed by atoms with van der Waals surface area (Å²) < 4.78 is 17.5. The number of hydrogen-bond donors (Lipinski definition) is 0. The SMILES string of the molecule is CCOC(=O)C(C)=CC=Cc1ccc(F)cc1. The lowest BCUT2D eigenvalue weighted by atomic mass is 10.2. The molecule has 0 atom stereocenters. The van der Waals surface area contributed by atoms with Crippen LogP contribution in [0.15, 0.2) is 42.0 Å². The predicted molar refractivity (Wildman–Crippen MR) is 65.8 cm³/mol. The van der Waals surface area contributed by atoms with Gasteiger partial charge in [-0.15, -0.1) is 0 Å². The van der Waals surface area contributed by atoms with E-state index in [0.717, 1.165) is 5.56 Å². The van der Waals surface area contributed by atoms with E-state index in [-0.39, 0.29) is 11.8 Å². The van der Waals surface area contributed by atoms with Gasteiger partial charge in [-0.3, -0.25) is 0 Å². The third kappa shape index (κ3) is 4.64. The molecule has 0 N–H and O–H groups in total. The molecule has 0 amide bonds. The Morgan fingerprint density at radius 2 is 2.00 bits per heavy atom. The molecule has 0 saturated heterocycles. The van der Waals surface area contributed by atoms with Crippen LogP contribution in [0.3, 0.4) is 0 Å². The molecule has 0 aliphatic rings. The number of esters is 1. The molecule has 0 aromatic heterocycles. The van der Waals surface area contributed by atoms with Crippen LogP contribution < -0.4 is 0 Å². The Kier molecular flexibility index (Phi) is 5.14. The van der Waals surface area contributed by atoms with Gasteiger partial charge in [-0.2, -0.15) is 0 Å². The van der Waals surface area contributed by atoms with Crippen LogP contribution >= 0.6 is 0 Å². The van der Waals surface area contributed by atoms with Gasteiger partial charge in [-0.05, 0) is 31.5 Å². The zero-order valence-electron chi connectivity index (χ0n) is 9.94. The fraction of sp³-hybridized carbons (Fsp3) is 0.214. The van der Waals surface area contributed by atoms with Crippen molar-refractivity contribution in [1.82, 2.24) is 0 Å². The van der Waals surface area contributed by atoms with Crippen molar-refractivity contribution in [3.8, 4) is 0 Å². The Morgan fingerprint density at radius 3 is 2.59 bits per heavy atom. The van der Waals surface area contributed by atoms with E-state index in [4.69, 9.17) is 4.74 Å². The summed E-state index contributed by atoms with van der Waals surface area (Å²) in [6.45, 7) is 3.82. The average molecular weight is 234 g/mol. The fourth-order valence-electron chi connectivity index (χ4n) is 1.19. The minimum atomic E-state index is -0.323. The van der Waals surface area contributed by atoms with Gasteiger partial charge >= 0.3 is 5.97 Å². The molecule has 0 aliphatic heterocycles. The Labute approximate surface area is 100 Å². The van der Waals surface area contributed by atoms with Crippen molar-refractivity contribution in [2.24, 2.45) is 0 Å². The molecule has 0 unspecified atom stereocenters. The van der Waals surface area contributed by atoms with Crippen LogP contribution in [-0.4, -0.2) is 12.6 Å². The lowest BCUT2D eigenvalue weighted by molar-refractivity contribution is -0.138. The summed E-state index contributed by atoms with van der Waals surface area (Å²) in [4.78, 5) is 11.3. The standard InChI is InChI=1S/C14H15FO2/c1-3-17-14(16)11(2)5-4-6-12-7-9-13(15)10-8-12/h4-10H,3H2,1-2H3. The van der Waals surface area contributed by atoms with E-state index >= 15 is 0 Å². The molecule has 3 heteroatoms. The summed E-state index contributed by atoms with van der Waals surface area (Å²) in [6.07, 6.45) is 5.20. The van der Waals surface area contributed by atoms with Crippen molar-refractivity contribution >= 4 is 12.0 Å². The first-order chi connectivity index (χ1) is 8.13. The number of carbonyl (C=O) groups excluding carboxylic acids is 1. The normalized spacial score (nSPS) is 11.8. The first-order valence-electron chi connectivity index (χ1n) is 5.41. The van der Waals surface area contributed by atoms with E-state index in [1.165, 1.54) is 12.1 Å². The summed E-state index contributed by atoms with van der Waals surface area (Å²) >= 11 is 0. The second-order valence-corrected chi connectivity index (χ2v) is 3.48. The van der Waals surface area contributed by atoms with Gasteiger partial charge < -0.3 is 4.74 Å². The second-order valence-electron chi connectivity index (χ2n) is 3.48. The fourth-order valence-corrected chi connectivity index (χ4v) is 1.19.